The Kier molecular flexibility index (Phi) is 4.07. The predicted molar refractivity (Wildman–Crippen MR) is 54.3 cm³/mol. The summed E-state index contributed by atoms with van der Waals surface area (Å²) in [6.07, 6.45) is 5.64. The van der Waals surface area contributed by atoms with Crippen molar-refractivity contribution >= 4 is 0 Å². The second-order valence-corrected chi connectivity index (χ2v) is 4.43. The van der Waals surface area contributed by atoms with Crippen LogP contribution in [-0.2, 0) is 0 Å². The van der Waals surface area contributed by atoms with Crippen molar-refractivity contribution in [2.45, 2.75) is 39.5 Å². The highest BCUT2D eigenvalue weighted by atomic mass is 15.1. The monoisotopic (exact) mass is 169 g/mol. The summed E-state index contributed by atoms with van der Waals surface area (Å²) in [5, 5.41) is 0. The van der Waals surface area contributed by atoms with E-state index in [0.717, 1.165) is 11.8 Å². The standard InChI is InChI=1S/C11H23N/c1-4-5-6-10(2)11-7-8-12(3)9-11/h10-11H,4-9H2,1-3H3. The van der Waals surface area contributed by atoms with Crippen LogP contribution >= 0.6 is 0 Å². The first kappa shape index (κ1) is 10.0. The molecule has 0 bridgehead atoms. The topological polar surface area (TPSA) is 3.24 Å². The summed E-state index contributed by atoms with van der Waals surface area (Å²) in [4.78, 5) is 2.47. The van der Waals surface area contributed by atoms with E-state index in [0.29, 0.717) is 0 Å². The number of unbranched alkanes of at least 4 members (excludes halogenated alkanes) is 1. The van der Waals surface area contributed by atoms with E-state index >= 15 is 0 Å². The van der Waals surface area contributed by atoms with E-state index in [9.17, 15) is 0 Å². The smallest absolute Gasteiger partial charge is 0.000963 e. The van der Waals surface area contributed by atoms with E-state index in [2.05, 4.69) is 25.8 Å². The van der Waals surface area contributed by atoms with Crippen molar-refractivity contribution in [3.05, 3.63) is 0 Å². The molecular weight excluding hydrogens is 146 g/mol. The van der Waals surface area contributed by atoms with Gasteiger partial charge in [-0.2, -0.15) is 0 Å². The van der Waals surface area contributed by atoms with Crippen molar-refractivity contribution < 1.29 is 0 Å². The maximum atomic E-state index is 2.47. The molecule has 1 nitrogen and oxygen atoms in total. The molecule has 1 aliphatic rings. The zero-order chi connectivity index (χ0) is 8.97. The molecule has 1 rings (SSSR count). The van der Waals surface area contributed by atoms with Crippen molar-refractivity contribution in [1.29, 1.82) is 0 Å². The Morgan fingerprint density at radius 2 is 2.25 bits per heavy atom. The van der Waals surface area contributed by atoms with Gasteiger partial charge < -0.3 is 4.90 Å². The molecule has 0 aromatic heterocycles. The van der Waals surface area contributed by atoms with Crippen LogP contribution in [0.15, 0.2) is 0 Å². The van der Waals surface area contributed by atoms with Gasteiger partial charge in [0.15, 0.2) is 0 Å². The van der Waals surface area contributed by atoms with Crippen LogP contribution in [0.1, 0.15) is 39.5 Å². The Morgan fingerprint density at radius 1 is 1.50 bits per heavy atom. The van der Waals surface area contributed by atoms with E-state index in [1.165, 1.54) is 38.8 Å². The molecule has 72 valence electrons. The van der Waals surface area contributed by atoms with Gasteiger partial charge in [-0.1, -0.05) is 33.1 Å². The van der Waals surface area contributed by atoms with Crippen LogP contribution in [0, 0.1) is 11.8 Å². The predicted octanol–water partition coefficient (Wildman–Crippen LogP) is 2.76. The second kappa shape index (κ2) is 4.86. The normalized spacial score (nSPS) is 27.8. The van der Waals surface area contributed by atoms with Crippen molar-refractivity contribution in [1.82, 2.24) is 4.90 Å². The summed E-state index contributed by atoms with van der Waals surface area (Å²) in [5.41, 5.74) is 0. The Hall–Kier alpha value is -0.0400. The quantitative estimate of drug-likeness (QED) is 0.625. The molecule has 0 aromatic carbocycles. The molecule has 1 heteroatoms. The second-order valence-electron chi connectivity index (χ2n) is 4.43. The Bertz CT molecular complexity index is 122. The lowest BCUT2D eigenvalue weighted by Gasteiger charge is -2.18. The highest BCUT2D eigenvalue weighted by Crippen LogP contribution is 2.26. The third-order valence-electron chi connectivity index (χ3n) is 3.25. The maximum Gasteiger partial charge on any atom is 0.000963 e. The molecular formula is C11H23N. The lowest BCUT2D eigenvalue weighted by atomic mass is 9.89. The summed E-state index contributed by atoms with van der Waals surface area (Å²) >= 11 is 0. The van der Waals surface area contributed by atoms with Crippen LogP contribution in [0.2, 0.25) is 0 Å². The Balaban J connectivity index is 2.18. The molecule has 0 aromatic rings. The van der Waals surface area contributed by atoms with Gasteiger partial charge in [-0.3, -0.25) is 0 Å². The average molecular weight is 169 g/mol. The summed E-state index contributed by atoms with van der Waals surface area (Å²) in [7, 11) is 2.24. The van der Waals surface area contributed by atoms with Gasteiger partial charge >= 0.3 is 0 Å². The largest absolute Gasteiger partial charge is 0.306 e. The van der Waals surface area contributed by atoms with Crippen molar-refractivity contribution in [3.63, 3.8) is 0 Å². The van der Waals surface area contributed by atoms with Crippen LogP contribution in [-0.4, -0.2) is 25.0 Å². The number of likely N-dealkylation sites (tertiary alicyclic amines) is 1. The lowest BCUT2D eigenvalue weighted by Crippen LogP contribution is -2.17. The number of hydrogen-bond donors (Lipinski definition) is 0. The summed E-state index contributed by atoms with van der Waals surface area (Å²) in [6, 6.07) is 0. The van der Waals surface area contributed by atoms with E-state index in [1.54, 1.807) is 0 Å². The minimum absolute atomic E-state index is 0.954. The van der Waals surface area contributed by atoms with Crippen molar-refractivity contribution in [2.75, 3.05) is 20.1 Å². The summed E-state index contributed by atoms with van der Waals surface area (Å²) in [6.45, 7) is 7.37. The lowest BCUT2D eigenvalue weighted by molar-refractivity contribution is 0.317. The molecule has 12 heavy (non-hydrogen) atoms. The van der Waals surface area contributed by atoms with Crippen LogP contribution < -0.4 is 0 Å². The highest BCUT2D eigenvalue weighted by Gasteiger charge is 2.23. The van der Waals surface area contributed by atoms with Gasteiger partial charge in [0.25, 0.3) is 0 Å². The minimum atomic E-state index is 0.954. The van der Waals surface area contributed by atoms with E-state index < -0.39 is 0 Å². The van der Waals surface area contributed by atoms with Gasteiger partial charge in [-0.25, -0.2) is 0 Å². The number of hydrogen-bond acceptors (Lipinski definition) is 1. The van der Waals surface area contributed by atoms with Crippen molar-refractivity contribution in [2.24, 2.45) is 11.8 Å². The SMILES string of the molecule is CCCCC(C)C1CCN(C)C1. The van der Waals surface area contributed by atoms with Crippen molar-refractivity contribution in [3.8, 4) is 0 Å². The fourth-order valence-corrected chi connectivity index (χ4v) is 2.20. The van der Waals surface area contributed by atoms with Gasteiger partial charge in [-0.05, 0) is 31.8 Å². The molecule has 2 unspecified atom stereocenters. The first-order chi connectivity index (χ1) is 5.74. The molecule has 0 amide bonds. The fraction of sp³-hybridized carbons (Fsp3) is 1.00. The van der Waals surface area contributed by atoms with E-state index in [1.807, 2.05) is 0 Å². The zero-order valence-electron chi connectivity index (χ0n) is 8.84. The third kappa shape index (κ3) is 2.78. The molecule has 1 aliphatic heterocycles. The van der Waals surface area contributed by atoms with Gasteiger partial charge in [0.1, 0.15) is 0 Å². The summed E-state index contributed by atoms with van der Waals surface area (Å²) < 4.78 is 0. The number of nitrogens with zero attached hydrogens (tertiary/aromatic N) is 1. The molecule has 0 spiro atoms. The summed E-state index contributed by atoms with van der Waals surface area (Å²) in [5.74, 6) is 1.94. The van der Waals surface area contributed by atoms with Gasteiger partial charge in [0.05, 0.1) is 0 Å². The third-order valence-corrected chi connectivity index (χ3v) is 3.25. The van der Waals surface area contributed by atoms with Crippen LogP contribution in [0.4, 0.5) is 0 Å². The Labute approximate surface area is 77.1 Å². The van der Waals surface area contributed by atoms with E-state index in [-0.39, 0.29) is 0 Å². The molecule has 0 saturated carbocycles. The van der Waals surface area contributed by atoms with E-state index in [4.69, 9.17) is 0 Å². The first-order valence-electron chi connectivity index (χ1n) is 5.42. The Morgan fingerprint density at radius 3 is 2.75 bits per heavy atom. The molecule has 1 saturated heterocycles. The van der Waals surface area contributed by atoms with Gasteiger partial charge in [0.2, 0.25) is 0 Å². The highest BCUT2D eigenvalue weighted by molar-refractivity contribution is 4.76. The van der Waals surface area contributed by atoms with Crippen LogP contribution in [0.3, 0.4) is 0 Å². The molecule has 1 fully saturated rings. The fourth-order valence-electron chi connectivity index (χ4n) is 2.20. The molecule has 0 radical (unpaired) electrons. The minimum Gasteiger partial charge on any atom is -0.306 e. The molecule has 0 aliphatic carbocycles. The van der Waals surface area contributed by atoms with Crippen LogP contribution in [0.5, 0.6) is 0 Å². The average Bonchev–Trinajstić information content (AvgIpc) is 2.47. The maximum absolute atomic E-state index is 2.47. The number of rotatable bonds is 4. The van der Waals surface area contributed by atoms with Gasteiger partial charge in [-0.15, -0.1) is 0 Å². The first-order valence-corrected chi connectivity index (χ1v) is 5.42. The van der Waals surface area contributed by atoms with Crippen LogP contribution in [0.25, 0.3) is 0 Å². The molecule has 0 N–H and O–H groups in total. The molecule has 1 heterocycles. The molecule has 2 atom stereocenters. The van der Waals surface area contributed by atoms with Gasteiger partial charge in [0, 0.05) is 6.54 Å². The zero-order valence-corrected chi connectivity index (χ0v) is 8.84.